The highest BCUT2D eigenvalue weighted by Gasteiger charge is 2.82. The van der Waals surface area contributed by atoms with Crippen molar-refractivity contribution in [3.8, 4) is 0 Å². The Labute approximate surface area is 216 Å². The van der Waals surface area contributed by atoms with Gasteiger partial charge in [-0.05, 0) is 30.4 Å². The van der Waals surface area contributed by atoms with Crippen molar-refractivity contribution in [3.05, 3.63) is 29.8 Å². The van der Waals surface area contributed by atoms with Gasteiger partial charge >= 0.3 is 5.97 Å². The highest BCUT2D eigenvalue weighted by atomic mass is 16.4. The molecule has 1 spiro atoms. The van der Waals surface area contributed by atoms with Crippen LogP contribution in [-0.2, 0) is 15.0 Å². The number of rotatable bonds is 6. The van der Waals surface area contributed by atoms with Gasteiger partial charge in [0.1, 0.15) is 12.1 Å². The number of piperidine rings is 4. The highest BCUT2D eigenvalue weighted by molar-refractivity contribution is 5.82. The zero-order valence-corrected chi connectivity index (χ0v) is 21.5. The van der Waals surface area contributed by atoms with Crippen LogP contribution in [0.1, 0.15) is 45.1 Å². The molecule has 5 aliphatic heterocycles. The molecule has 1 aromatic rings. The molecule has 4 saturated heterocycles. The topological polar surface area (TPSA) is 162 Å². The molecule has 10 nitrogen and oxygen atoms in total. The monoisotopic (exact) mass is 518 g/mol. The predicted octanol–water partition coefficient (Wildman–Crippen LogP) is -0.978. The van der Waals surface area contributed by atoms with Crippen LogP contribution >= 0.6 is 0 Å². The summed E-state index contributed by atoms with van der Waals surface area (Å²) in [7, 11) is 2.23. The van der Waals surface area contributed by atoms with Gasteiger partial charge in [0.2, 0.25) is 0 Å². The third-order valence-corrected chi connectivity index (χ3v) is 10.5. The number of anilines is 1. The molecule has 1 aromatic carbocycles. The molecule has 3 unspecified atom stereocenters. The molecular weight excluding hydrogens is 480 g/mol. The summed E-state index contributed by atoms with van der Waals surface area (Å²) in [5.74, 6) is -2.65. The SMILES string of the molecule is CCC[N+]12[C@H](O)[C@@H](CC)[C@@H]3C[C@H]1[C@@H]1N(C)c4ccccc4[C@]14C[C@H]2[C@H]3[C@H]4O.O=C([O-])C(O)C(O)C(=O)O. The molecular formula is C27H38N2O8. The minimum absolute atomic E-state index is 0.127. The van der Waals surface area contributed by atoms with Crippen molar-refractivity contribution in [2.45, 2.75) is 87.6 Å². The first-order chi connectivity index (χ1) is 17.5. The van der Waals surface area contributed by atoms with Crippen LogP contribution in [0.2, 0.25) is 0 Å². The molecule has 5 fully saturated rings. The molecule has 5 N–H and O–H groups in total. The zero-order chi connectivity index (χ0) is 27.0. The number of carboxylic acid groups (broad SMARTS) is 2. The van der Waals surface area contributed by atoms with Gasteiger partial charge in [-0.25, -0.2) is 4.79 Å². The number of aliphatic hydroxyl groups excluding tert-OH is 4. The van der Waals surface area contributed by atoms with E-state index in [0.29, 0.717) is 35.9 Å². The average Bonchev–Trinajstić information content (AvgIpc) is 3.26. The van der Waals surface area contributed by atoms with Gasteiger partial charge in [0.15, 0.2) is 12.3 Å². The van der Waals surface area contributed by atoms with Crippen molar-refractivity contribution in [2.24, 2.45) is 17.8 Å². The van der Waals surface area contributed by atoms with Crippen molar-refractivity contribution in [1.29, 1.82) is 0 Å². The first-order valence-corrected chi connectivity index (χ1v) is 13.4. The van der Waals surface area contributed by atoms with Crippen LogP contribution in [0.4, 0.5) is 5.69 Å². The number of fused-ring (bicyclic) bond motifs is 2. The predicted molar refractivity (Wildman–Crippen MR) is 130 cm³/mol. The largest absolute Gasteiger partial charge is 0.547 e. The quantitative estimate of drug-likeness (QED) is 0.298. The lowest BCUT2D eigenvalue weighted by atomic mass is 9.60. The summed E-state index contributed by atoms with van der Waals surface area (Å²) in [6.07, 6.45) is -0.869. The fourth-order valence-electron chi connectivity index (χ4n) is 9.49. The van der Waals surface area contributed by atoms with Gasteiger partial charge in [-0.1, -0.05) is 32.0 Å². The Morgan fingerprint density at radius 2 is 1.84 bits per heavy atom. The molecule has 6 aliphatic rings. The number of quaternary nitrogens is 1. The number of likely N-dealkylation sites (N-methyl/N-ethyl adjacent to an activating group) is 1. The fourth-order valence-corrected chi connectivity index (χ4v) is 9.49. The van der Waals surface area contributed by atoms with Crippen LogP contribution in [0.15, 0.2) is 24.3 Å². The summed E-state index contributed by atoms with van der Waals surface area (Å²) in [4.78, 5) is 21.9. The van der Waals surface area contributed by atoms with Crippen molar-refractivity contribution < 1.29 is 44.7 Å². The van der Waals surface area contributed by atoms with Gasteiger partial charge in [0.25, 0.3) is 0 Å². The Bertz CT molecular complexity index is 1070. The first kappa shape index (κ1) is 26.4. The fraction of sp³-hybridized carbons (Fsp3) is 0.704. The Balaban J connectivity index is 0.000000241. The Kier molecular flexibility index (Phi) is 6.35. The van der Waals surface area contributed by atoms with E-state index in [0.717, 1.165) is 30.3 Å². The number of aliphatic carboxylic acids is 2. The van der Waals surface area contributed by atoms with Crippen LogP contribution in [-0.4, -0.2) is 98.2 Å². The molecule has 12 atom stereocenters. The second-order valence-corrected chi connectivity index (χ2v) is 11.6. The number of carbonyl (C=O) groups is 2. The molecule has 1 saturated carbocycles. The summed E-state index contributed by atoms with van der Waals surface area (Å²) in [6.45, 7) is 5.56. The van der Waals surface area contributed by atoms with E-state index >= 15 is 0 Å². The maximum atomic E-state index is 11.9. The second kappa shape index (κ2) is 8.91. The first-order valence-electron chi connectivity index (χ1n) is 13.4. The van der Waals surface area contributed by atoms with E-state index in [-0.39, 0.29) is 17.7 Å². The molecule has 0 amide bonds. The number of carbonyl (C=O) groups excluding carboxylic acids is 1. The number of nitrogens with zero attached hydrogens (tertiary/aromatic N) is 2. The highest BCUT2D eigenvalue weighted by Crippen LogP contribution is 2.71. The van der Waals surface area contributed by atoms with Gasteiger partial charge < -0.3 is 40.3 Å². The number of carboxylic acids is 2. The smallest absolute Gasteiger partial charge is 0.335 e. The van der Waals surface area contributed by atoms with E-state index in [4.69, 9.17) is 15.3 Å². The van der Waals surface area contributed by atoms with Crippen LogP contribution in [0, 0.1) is 17.8 Å². The Morgan fingerprint density at radius 1 is 1.16 bits per heavy atom. The minimum atomic E-state index is -2.38. The van der Waals surface area contributed by atoms with Gasteiger partial charge in [0, 0.05) is 37.4 Å². The summed E-state index contributed by atoms with van der Waals surface area (Å²) in [5.41, 5.74) is 2.56. The van der Waals surface area contributed by atoms with Crippen molar-refractivity contribution in [2.75, 3.05) is 18.5 Å². The van der Waals surface area contributed by atoms with E-state index in [9.17, 15) is 24.9 Å². The van der Waals surface area contributed by atoms with E-state index < -0.39 is 24.1 Å². The lowest BCUT2D eigenvalue weighted by molar-refractivity contribution is -1.04. The van der Waals surface area contributed by atoms with Gasteiger partial charge in [-0.3, -0.25) is 4.48 Å². The molecule has 37 heavy (non-hydrogen) atoms. The molecule has 10 heteroatoms. The molecule has 0 radical (unpaired) electrons. The average molecular weight is 519 g/mol. The molecule has 5 heterocycles. The Hall–Kier alpha value is -2.24. The van der Waals surface area contributed by atoms with Crippen LogP contribution in [0.3, 0.4) is 0 Å². The maximum Gasteiger partial charge on any atom is 0.335 e. The summed E-state index contributed by atoms with van der Waals surface area (Å²) in [6, 6.07) is 9.97. The Morgan fingerprint density at radius 3 is 2.41 bits per heavy atom. The molecule has 7 rings (SSSR count). The third-order valence-electron chi connectivity index (χ3n) is 10.5. The second-order valence-electron chi connectivity index (χ2n) is 11.6. The molecule has 5 bridgehead atoms. The standard InChI is InChI=1S/C23H33N2O2.C4H6O6/c1-4-10-25-17-11-14(13(5-2)22(25)27)19-18(25)12-23(21(19)26)15-8-6-7-9-16(15)24(3)20(17)23;5-1(3(7)8)2(6)4(9)10/h6-9,13-14,17-22,26-27H,4-5,10-12H2,1-3H3;1-2,5-6H,(H,7,8)(H,9,10)/q+1;/p-1/t13-,14-,17-,18-,19-,20-,21+,22+,23+,25?;/m0./s1. The summed E-state index contributed by atoms with van der Waals surface area (Å²) >= 11 is 0. The zero-order valence-electron chi connectivity index (χ0n) is 21.5. The van der Waals surface area contributed by atoms with Crippen molar-refractivity contribution in [1.82, 2.24) is 0 Å². The summed E-state index contributed by atoms with van der Waals surface area (Å²) in [5, 5.41) is 57.7. The van der Waals surface area contributed by atoms with Crippen LogP contribution in [0.5, 0.6) is 0 Å². The third kappa shape index (κ3) is 3.16. The lowest BCUT2D eigenvalue weighted by Gasteiger charge is -2.68. The van der Waals surface area contributed by atoms with E-state index in [1.165, 1.54) is 17.7 Å². The summed E-state index contributed by atoms with van der Waals surface area (Å²) < 4.78 is 0.873. The van der Waals surface area contributed by atoms with E-state index in [1.807, 2.05) is 0 Å². The van der Waals surface area contributed by atoms with E-state index in [2.05, 4.69) is 50.1 Å². The number of para-hydroxylation sites is 1. The lowest BCUT2D eigenvalue weighted by Crippen LogP contribution is -2.83. The number of benzene rings is 1. The van der Waals surface area contributed by atoms with Crippen LogP contribution in [0.25, 0.3) is 0 Å². The normalized spacial score (nSPS) is 43.5. The molecule has 1 aliphatic carbocycles. The maximum absolute atomic E-state index is 11.9. The van der Waals surface area contributed by atoms with Crippen LogP contribution < -0.4 is 10.0 Å². The number of hydrogen-bond donors (Lipinski definition) is 5. The van der Waals surface area contributed by atoms with Crippen molar-refractivity contribution in [3.63, 3.8) is 0 Å². The van der Waals surface area contributed by atoms with Gasteiger partial charge in [-0.2, -0.15) is 0 Å². The number of aliphatic hydroxyl groups is 4. The van der Waals surface area contributed by atoms with Gasteiger partial charge in [-0.15, -0.1) is 0 Å². The number of hydrogen-bond acceptors (Lipinski definition) is 8. The van der Waals surface area contributed by atoms with Gasteiger partial charge in [0.05, 0.1) is 36.1 Å². The molecule has 0 aromatic heterocycles. The molecule has 204 valence electrons. The van der Waals surface area contributed by atoms with Crippen molar-refractivity contribution >= 4 is 17.6 Å². The van der Waals surface area contributed by atoms with E-state index in [1.54, 1.807) is 0 Å². The minimum Gasteiger partial charge on any atom is -0.547 e.